The highest BCUT2D eigenvalue weighted by Crippen LogP contribution is 2.31. The molecule has 0 heterocycles. The van der Waals surface area contributed by atoms with Crippen molar-refractivity contribution in [2.75, 3.05) is 17.7 Å². The molecule has 1 aromatic carbocycles. The van der Waals surface area contributed by atoms with Crippen LogP contribution in [-0.2, 0) is 0 Å². The molecule has 0 aromatic heterocycles. The Morgan fingerprint density at radius 3 is 2.65 bits per heavy atom. The molecule has 0 atom stereocenters. The number of aliphatic hydroxyl groups is 1. The lowest BCUT2D eigenvalue weighted by Crippen LogP contribution is -2.27. The van der Waals surface area contributed by atoms with Gasteiger partial charge in [-0.1, -0.05) is 17.7 Å². The molecule has 4 heteroatoms. The van der Waals surface area contributed by atoms with E-state index in [9.17, 15) is 0 Å². The summed E-state index contributed by atoms with van der Waals surface area (Å²) in [5, 5.41) is 13.1. The van der Waals surface area contributed by atoms with Gasteiger partial charge in [-0.3, -0.25) is 0 Å². The van der Waals surface area contributed by atoms with E-state index < -0.39 is 0 Å². The van der Waals surface area contributed by atoms with Gasteiger partial charge in [0.1, 0.15) is 0 Å². The van der Waals surface area contributed by atoms with Crippen molar-refractivity contribution in [3.63, 3.8) is 0 Å². The highest BCUT2D eigenvalue weighted by Gasteiger charge is 2.20. The van der Waals surface area contributed by atoms with Crippen molar-refractivity contribution < 1.29 is 5.11 Å². The van der Waals surface area contributed by atoms with Crippen LogP contribution in [0.1, 0.15) is 25.7 Å². The van der Waals surface area contributed by atoms with E-state index in [1.807, 2.05) is 12.1 Å². The first-order valence-electron chi connectivity index (χ1n) is 6.12. The number of para-hydroxylation sites is 1. The van der Waals surface area contributed by atoms with Crippen LogP contribution in [0.2, 0.25) is 5.02 Å². The average Bonchev–Trinajstić information content (AvgIpc) is 2.36. The van der Waals surface area contributed by atoms with Crippen LogP contribution in [-0.4, -0.2) is 17.8 Å². The zero-order valence-corrected chi connectivity index (χ0v) is 10.6. The summed E-state index contributed by atoms with van der Waals surface area (Å²) in [5.74, 6) is 0.477. The Morgan fingerprint density at radius 1 is 1.29 bits per heavy atom. The second kappa shape index (κ2) is 5.61. The molecule has 0 radical (unpaired) electrons. The number of halogens is 1. The van der Waals surface area contributed by atoms with Gasteiger partial charge in [-0.05, 0) is 43.7 Å². The quantitative estimate of drug-likeness (QED) is 0.727. The average molecular weight is 255 g/mol. The lowest BCUT2D eigenvalue weighted by molar-refractivity contribution is 0.186. The second-order valence-corrected chi connectivity index (χ2v) is 5.15. The highest BCUT2D eigenvalue weighted by molar-refractivity contribution is 6.33. The first-order valence-corrected chi connectivity index (χ1v) is 6.50. The van der Waals surface area contributed by atoms with E-state index in [2.05, 4.69) is 5.32 Å². The number of anilines is 2. The van der Waals surface area contributed by atoms with Gasteiger partial charge in [-0.25, -0.2) is 0 Å². The fraction of sp³-hybridized carbons (Fsp3) is 0.538. The van der Waals surface area contributed by atoms with Crippen LogP contribution in [0.4, 0.5) is 11.4 Å². The predicted octanol–water partition coefficient (Wildman–Crippen LogP) is 2.89. The first kappa shape index (κ1) is 12.5. The molecule has 0 aliphatic heterocycles. The molecule has 1 aliphatic carbocycles. The Kier molecular flexibility index (Phi) is 4.13. The van der Waals surface area contributed by atoms with E-state index in [0.717, 1.165) is 31.4 Å². The molecule has 94 valence electrons. The molecule has 3 nitrogen and oxygen atoms in total. The minimum Gasteiger partial charge on any atom is -0.396 e. The van der Waals surface area contributed by atoms with Crippen LogP contribution in [0, 0.1) is 5.92 Å². The van der Waals surface area contributed by atoms with E-state index in [4.69, 9.17) is 22.4 Å². The molecule has 0 saturated heterocycles. The first-order chi connectivity index (χ1) is 8.20. The smallest absolute Gasteiger partial charge is 0.0739 e. The van der Waals surface area contributed by atoms with Gasteiger partial charge in [0.15, 0.2) is 0 Å². The fourth-order valence-corrected chi connectivity index (χ4v) is 2.55. The number of nitrogens with one attached hydrogen (secondary N) is 1. The number of nitrogens with two attached hydrogens (primary N) is 1. The number of aliphatic hydroxyl groups excluding tert-OH is 1. The summed E-state index contributed by atoms with van der Waals surface area (Å²) >= 11 is 5.98. The topological polar surface area (TPSA) is 58.3 Å². The Hall–Kier alpha value is -0.930. The summed E-state index contributed by atoms with van der Waals surface area (Å²) in [5.41, 5.74) is 7.46. The molecule has 1 fully saturated rings. The molecule has 1 aliphatic rings. The summed E-state index contributed by atoms with van der Waals surface area (Å²) in [6.45, 7) is 0.312. The maximum Gasteiger partial charge on any atom is 0.0739 e. The number of benzene rings is 1. The third-order valence-corrected chi connectivity index (χ3v) is 3.85. The standard InChI is InChI=1S/C13H19ClN2O/c14-11-2-1-3-12(13(11)15)16-10-6-4-9(8-17)5-7-10/h1-3,9-10,16-17H,4-8,15H2. The minimum absolute atomic E-state index is 0.312. The second-order valence-electron chi connectivity index (χ2n) is 4.75. The zero-order valence-electron chi connectivity index (χ0n) is 9.82. The lowest BCUT2D eigenvalue weighted by atomic mass is 9.86. The molecule has 0 bridgehead atoms. The molecular weight excluding hydrogens is 236 g/mol. The van der Waals surface area contributed by atoms with Crippen LogP contribution < -0.4 is 11.1 Å². The largest absolute Gasteiger partial charge is 0.396 e. The number of hydrogen-bond acceptors (Lipinski definition) is 3. The van der Waals surface area contributed by atoms with Crippen LogP contribution in [0.15, 0.2) is 18.2 Å². The van der Waals surface area contributed by atoms with E-state index in [1.165, 1.54) is 0 Å². The maximum absolute atomic E-state index is 9.09. The highest BCUT2D eigenvalue weighted by atomic mass is 35.5. The Labute approximate surface area is 107 Å². The van der Waals surface area contributed by atoms with Gasteiger partial charge in [-0.15, -0.1) is 0 Å². The van der Waals surface area contributed by atoms with Crippen molar-refractivity contribution in [3.05, 3.63) is 23.2 Å². The van der Waals surface area contributed by atoms with Gasteiger partial charge in [0.25, 0.3) is 0 Å². The predicted molar refractivity (Wildman–Crippen MR) is 72.3 cm³/mol. The Bertz CT molecular complexity index is 376. The zero-order chi connectivity index (χ0) is 12.3. The third kappa shape index (κ3) is 3.05. The SMILES string of the molecule is Nc1c(Cl)cccc1NC1CCC(CO)CC1. The lowest BCUT2D eigenvalue weighted by Gasteiger charge is -2.29. The summed E-state index contributed by atoms with van der Waals surface area (Å²) in [6.07, 6.45) is 4.32. The molecule has 1 saturated carbocycles. The van der Waals surface area contributed by atoms with Crippen LogP contribution in [0.25, 0.3) is 0 Å². The van der Waals surface area contributed by atoms with Crippen molar-refractivity contribution in [1.82, 2.24) is 0 Å². The van der Waals surface area contributed by atoms with E-state index in [-0.39, 0.29) is 0 Å². The van der Waals surface area contributed by atoms with Gasteiger partial charge in [-0.2, -0.15) is 0 Å². The maximum atomic E-state index is 9.09. The fourth-order valence-electron chi connectivity index (χ4n) is 2.37. The van der Waals surface area contributed by atoms with Crippen molar-refractivity contribution >= 4 is 23.0 Å². The van der Waals surface area contributed by atoms with Gasteiger partial charge in [0, 0.05) is 12.6 Å². The molecule has 2 rings (SSSR count). The molecule has 1 aromatic rings. The summed E-state index contributed by atoms with van der Waals surface area (Å²) in [4.78, 5) is 0. The minimum atomic E-state index is 0.312. The van der Waals surface area contributed by atoms with E-state index in [0.29, 0.717) is 29.3 Å². The normalized spacial score (nSPS) is 24.6. The van der Waals surface area contributed by atoms with Crippen molar-refractivity contribution in [2.45, 2.75) is 31.7 Å². The van der Waals surface area contributed by atoms with Crippen molar-refractivity contribution in [3.8, 4) is 0 Å². The van der Waals surface area contributed by atoms with Gasteiger partial charge in [0.2, 0.25) is 0 Å². The van der Waals surface area contributed by atoms with Crippen LogP contribution in [0.5, 0.6) is 0 Å². The summed E-state index contributed by atoms with van der Waals surface area (Å²) in [7, 11) is 0. The molecular formula is C13H19ClN2O. The Balaban J connectivity index is 1.95. The molecule has 4 N–H and O–H groups in total. The molecule has 0 spiro atoms. The van der Waals surface area contributed by atoms with Crippen molar-refractivity contribution in [1.29, 1.82) is 0 Å². The summed E-state index contributed by atoms with van der Waals surface area (Å²) < 4.78 is 0. The molecule has 0 amide bonds. The van der Waals surface area contributed by atoms with Crippen LogP contribution in [0.3, 0.4) is 0 Å². The Morgan fingerprint density at radius 2 is 2.00 bits per heavy atom. The van der Waals surface area contributed by atoms with Crippen LogP contribution >= 0.6 is 11.6 Å². The number of nitrogen functional groups attached to an aromatic ring is 1. The van der Waals surface area contributed by atoms with Gasteiger partial charge >= 0.3 is 0 Å². The third-order valence-electron chi connectivity index (χ3n) is 3.52. The number of rotatable bonds is 3. The molecule has 0 unspecified atom stereocenters. The van der Waals surface area contributed by atoms with E-state index in [1.54, 1.807) is 6.07 Å². The monoisotopic (exact) mass is 254 g/mol. The number of hydrogen-bond donors (Lipinski definition) is 3. The van der Waals surface area contributed by atoms with Gasteiger partial charge in [0.05, 0.1) is 16.4 Å². The van der Waals surface area contributed by atoms with Gasteiger partial charge < -0.3 is 16.2 Å². The van der Waals surface area contributed by atoms with Crippen molar-refractivity contribution in [2.24, 2.45) is 5.92 Å². The van der Waals surface area contributed by atoms with E-state index >= 15 is 0 Å². The molecule has 17 heavy (non-hydrogen) atoms. The summed E-state index contributed by atoms with van der Waals surface area (Å²) in [6, 6.07) is 6.10.